The van der Waals surface area contributed by atoms with Crippen molar-refractivity contribution in [3.63, 3.8) is 0 Å². The van der Waals surface area contributed by atoms with E-state index in [4.69, 9.17) is 32.7 Å². The summed E-state index contributed by atoms with van der Waals surface area (Å²) in [6, 6.07) is 9.28. The summed E-state index contributed by atoms with van der Waals surface area (Å²) < 4.78 is 35.2. The summed E-state index contributed by atoms with van der Waals surface area (Å²) in [5.41, 5.74) is 0.854. The quantitative estimate of drug-likeness (QED) is 0.126. The van der Waals surface area contributed by atoms with Crippen LogP contribution in [0.4, 0.5) is 5.69 Å². The summed E-state index contributed by atoms with van der Waals surface area (Å²) in [4.78, 5) is 15.2. The lowest BCUT2D eigenvalue weighted by molar-refractivity contribution is -0.128. The Labute approximate surface area is 233 Å². The van der Waals surface area contributed by atoms with Crippen molar-refractivity contribution >= 4 is 45.4 Å². The molecule has 0 fully saturated rings. The van der Waals surface area contributed by atoms with Gasteiger partial charge in [0.2, 0.25) is 0 Å². The van der Waals surface area contributed by atoms with E-state index in [0.717, 1.165) is 37.5 Å². The fourth-order valence-corrected chi connectivity index (χ4v) is 4.68. The van der Waals surface area contributed by atoms with Gasteiger partial charge in [0.1, 0.15) is 11.4 Å². The van der Waals surface area contributed by atoms with Crippen LogP contribution >= 0.6 is 23.2 Å². The molecule has 0 spiro atoms. The maximum absolute atomic E-state index is 11.9. The van der Waals surface area contributed by atoms with Crippen molar-refractivity contribution in [1.82, 2.24) is 5.32 Å². The molecule has 0 bridgehead atoms. The molecule has 38 heavy (non-hydrogen) atoms. The van der Waals surface area contributed by atoms with Gasteiger partial charge in [0.25, 0.3) is 10.0 Å². The van der Waals surface area contributed by atoms with Crippen molar-refractivity contribution in [2.24, 2.45) is 0 Å². The number of benzene rings is 2. The molecule has 10 nitrogen and oxygen atoms in total. The largest absolute Gasteiger partial charge is 0.506 e. The summed E-state index contributed by atoms with van der Waals surface area (Å²) in [7, 11) is -4.00. The van der Waals surface area contributed by atoms with Gasteiger partial charge in [-0.1, -0.05) is 52.6 Å². The number of rotatable bonds is 19. The molecular weight excluding hydrogens is 559 g/mol. The third-order valence-corrected chi connectivity index (χ3v) is 7.02. The number of halogens is 2. The number of phenols is 1. The Morgan fingerprint density at radius 1 is 1.03 bits per heavy atom. The number of carbonyl (C=O) groups excluding carboxylic acids is 1. The molecule has 2 rings (SSSR count). The molecule has 0 aliphatic heterocycles. The number of hydrogen-bond donors (Lipinski definition) is 3. The SMILES string of the molecule is CS(=O)(=O)N(OC=O)c1cc(C(O)CNCCCCCCOCCOCc2c(Cl)cccc2Cl)ccc1O. The van der Waals surface area contributed by atoms with Gasteiger partial charge in [-0.2, -0.15) is 0 Å². The second kappa shape index (κ2) is 16.8. The molecule has 2 aromatic rings. The van der Waals surface area contributed by atoms with E-state index in [0.29, 0.717) is 53.0 Å². The first kappa shape index (κ1) is 32.1. The number of nitrogens with zero attached hydrogens (tertiary/aromatic N) is 1. The number of unbranched alkanes of at least 4 members (excludes halogenated alkanes) is 3. The first-order valence-electron chi connectivity index (χ1n) is 12.1. The molecule has 1 unspecified atom stereocenters. The summed E-state index contributed by atoms with van der Waals surface area (Å²) in [6.07, 6.45) is 3.68. The van der Waals surface area contributed by atoms with E-state index in [1.807, 2.05) is 0 Å². The Morgan fingerprint density at radius 2 is 1.71 bits per heavy atom. The number of anilines is 1. The zero-order valence-corrected chi connectivity index (χ0v) is 23.5. The van der Waals surface area contributed by atoms with Crippen LogP contribution in [0.2, 0.25) is 10.0 Å². The number of ether oxygens (including phenoxy) is 2. The molecule has 0 amide bonds. The molecule has 0 aliphatic rings. The van der Waals surface area contributed by atoms with Crippen LogP contribution in [-0.2, 0) is 35.7 Å². The highest BCUT2D eigenvalue weighted by molar-refractivity contribution is 7.91. The first-order valence-corrected chi connectivity index (χ1v) is 14.7. The maximum Gasteiger partial charge on any atom is 0.322 e. The topological polar surface area (TPSA) is 135 Å². The average Bonchev–Trinajstić information content (AvgIpc) is 2.86. The van der Waals surface area contributed by atoms with E-state index in [-0.39, 0.29) is 18.7 Å². The van der Waals surface area contributed by atoms with Crippen LogP contribution in [0.3, 0.4) is 0 Å². The van der Waals surface area contributed by atoms with Gasteiger partial charge in [-0.15, -0.1) is 0 Å². The molecular formula is C25H34Cl2N2O8S. The monoisotopic (exact) mass is 592 g/mol. The summed E-state index contributed by atoms with van der Waals surface area (Å²) >= 11 is 12.2. The van der Waals surface area contributed by atoms with Gasteiger partial charge in [-0.05, 0) is 49.2 Å². The summed E-state index contributed by atoms with van der Waals surface area (Å²) in [5, 5.41) is 24.8. The molecule has 13 heteroatoms. The maximum atomic E-state index is 11.9. The minimum atomic E-state index is -4.00. The normalized spacial score (nSPS) is 12.3. The number of phenolic OH excluding ortho intramolecular Hbond substituents is 1. The average molecular weight is 594 g/mol. The highest BCUT2D eigenvalue weighted by atomic mass is 35.5. The third-order valence-electron chi connectivity index (χ3n) is 5.43. The van der Waals surface area contributed by atoms with Gasteiger partial charge in [-0.3, -0.25) is 4.79 Å². The van der Waals surface area contributed by atoms with Gasteiger partial charge in [0.05, 0.1) is 32.2 Å². The van der Waals surface area contributed by atoms with Crippen LogP contribution in [0.25, 0.3) is 0 Å². The van der Waals surface area contributed by atoms with Crippen molar-refractivity contribution in [3.05, 3.63) is 57.6 Å². The Hall–Kier alpha value is -2.12. The van der Waals surface area contributed by atoms with Crippen LogP contribution in [0.5, 0.6) is 5.75 Å². The highest BCUT2D eigenvalue weighted by Crippen LogP contribution is 2.32. The second-order valence-corrected chi connectivity index (χ2v) is 11.1. The number of sulfonamides is 1. The molecule has 2 aromatic carbocycles. The van der Waals surface area contributed by atoms with E-state index in [9.17, 15) is 23.4 Å². The number of carbonyl (C=O) groups is 1. The third kappa shape index (κ3) is 10.9. The lowest BCUT2D eigenvalue weighted by Gasteiger charge is -2.21. The summed E-state index contributed by atoms with van der Waals surface area (Å²) in [6.45, 7) is 2.77. The van der Waals surface area contributed by atoms with Crippen LogP contribution in [0.15, 0.2) is 36.4 Å². The Bertz CT molecular complexity index is 1100. The Kier molecular flexibility index (Phi) is 14.2. The van der Waals surface area contributed by atoms with Crippen LogP contribution in [0, 0.1) is 0 Å². The summed E-state index contributed by atoms with van der Waals surface area (Å²) in [5.74, 6) is -0.417. The standard InChI is InChI=1S/C25H34Cl2N2O8S/c1-38(33,34)29(37-18-30)23-15-19(9-10-24(23)31)25(32)16-28-11-4-2-3-5-12-35-13-14-36-17-20-21(26)7-6-8-22(20)27/h6-10,15,18,25,28,31-32H,2-5,11-14,16-17H2,1H3. The smallest absolute Gasteiger partial charge is 0.322 e. The van der Waals surface area contributed by atoms with Gasteiger partial charge in [-0.25, -0.2) is 8.42 Å². The Balaban J connectivity index is 1.56. The molecule has 0 aliphatic carbocycles. The zero-order chi connectivity index (χ0) is 28.0. The van der Waals surface area contributed by atoms with E-state index in [1.54, 1.807) is 18.2 Å². The van der Waals surface area contributed by atoms with Crippen molar-refractivity contribution in [1.29, 1.82) is 0 Å². The number of aliphatic hydroxyl groups excluding tert-OH is 1. The lowest BCUT2D eigenvalue weighted by atomic mass is 10.1. The minimum Gasteiger partial charge on any atom is -0.506 e. The van der Waals surface area contributed by atoms with E-state index in [2.05, 4.69) is 10.2 Å². The van der Waals surface area contributed by atoms with E-state index >= 15 is 0 Å². The second-order valence-electron chi connectivity index (χ2n) is 8.44. The molecule has 0 saturated carbocycles. The van der Waals surface area contributed by atoms with Crippen molar-refractivity contribution in [2.45, 2.75) is 38.4 Å². The van der Waals surface area contributed by atoms with Crippen molar-refractivity contribution < 1.29 is 37.7 Å². The van der Waals surface area contributed by atoms with Gasteiger partial charge in [0, 0.05) is 28.8 Å². The predicted molar refractivity (Wildman–Crippen MR) is 146 cm³/mol. The van der Waals surface area contributed by atoms with E-state index < -0.39 is 21.9 Å². The predicted octanol–water partition coefficient (Wildman–Crippen LogP) is 3.97. The molecule has 3 N–H and O–H groups in total. The molecule has 0 radical (unpaired) electrons. The van der Waals surface area contributed by atoms with Crippen molar-refractivity contribution in [2.75, 3.05) is 43.6 Å². The molecule has 0 saturated heterocycles. The number of hydrogen-bond acceptors (Lipinski definition) is 9. The van der Waals surface area contributed by atoms with E-state index in [1.165, 1.54) is 18.2 Å². The van der Waals surface area contributed by atoms with Crippen LogP contribution < -0.4 is 9.79 Å². The fraction of sp³-hybridized carbons (Fsp3) is 0.480. The fourth-order valence-electron chi connectivity index (χ4n) is 3.48. The van der Waals surface area contributed by atoms with Crippen LogP contribution in [0.1, 0.15) is 42.9 Å². The molecule has 0 aromatic heterocycles. The minimum absolute atomic E-state index is 0.0632. The molecule has 0 heterocycles. The lowest BCUT2D eigenvalue weighted by Crippen LogP contribution is -2.30. The zero-order valence-electron chi connectivity index (χ0n) is 21.1. The van der Waals surface area contributed by atoms with Gasteiger partial charge >= 0.3 is 6.47 Å². The number of aromatic hydroxyl groups is 1. The Morgan fingerprint density at radius 3 is 2.39 bits per heavy atom. The van der Waals surface area contributed by atoms with Gasteiger partial charge < -0.3 is 29.8 Å². The highest BCUT2D eigenvalue weighted by Gasteiger charge is 2.24. The number of aliphatic hydroxyl groups is 1. The molecule has 212 valence electrons. The number of nitrogens with one attached hydrogen (secondary N) is 1. The van der Waals surface area contributed by atoms with Gasteiger partial charge in [0.15, 0.2) is 0 Å². The first-order chi connectivity index (χ1) is 18.1. The van der Waals surface area contributed by atoms with Crippen LogP contribution in [-0.4, -0.2) is 64.3 Å². The molecule has 1 atom stereocenters. The van der Waals surface area contributed by atoms with Crippen molar-refractivity contribution in [3.8, 4) is 5.75 Å².